The number of nitrogens with zero attached hydrogens (tertiary/aromatic N) is 3. The Morgan fingerprint density at radius 3 is 3.10 bits per heavy atom. The Labute approximate surface area is 121 Å². The van der Waals surface area contributed by atoms with Gasteiger partial charge in [-0.2, -0.15) is 5.10 Å². The molecule has 0 fully saturated rings. The zero-order valence-electron chi connectivity index (χ0n) is 10.8. The number of benzene rings is 1. The van der Waals surface area contributed by atoms with E-state index in [9.17, 15) is 9.90 Å². The quantitative estimate of drug-likeness (QED) is 0.943. The third-order valence-electron chi connectivity index (χ3n) is 3.46. The number of hydrogen-bond donors (Lipinski definition) is 1. The molecule has 104 valence electrons. The van der Waals surface area contributed by atoms with Crippen LogP contribution in [-0.2, 0) is 17.6 Å². The highest BCUT2D eigenvalue weighted by Gasteiger charge is 2.28. The van der Waals surface area contributed by atoms with Crippen LogP contribution < -0.4 is 0 Å². The van der Waals surface area contributed by atoms with Crippen molar-refractivity contribution >= 4 is 17.6 Å². The summed E-state index contributed by atoms with van der Waals surface area (Å²) >= 11 is 5.95. The topological polar surface area (TPSA) is 68.0 Å². The van der Waals surface area contributed by atoms with Gasteiger partial charge in [-0.25, -0.2) is 14.5 Å². The number of carboxylic acid groups (broad SMARTS) is 1. The van der Waals surface area contributed by atoms with Crippen molar-refractivity contribution in [2.45, 2.75) is 31.7 Å². The van der Waals surface area contributed by atoms with E-state index in [1.165, 1.54) is 0 Å². The van der Waals surface area contributed by atoms with Crippen LogP contribution in [0.25, 0.3) is 0 Å². The minimum atomic E-state index is -0.842. The van der Waals surface area contributed by atoms with E-state index in [1.807, 2.05) is 24.3 Å². The number of hydrogen-bond acceptors (Lipinski definition) is 3. The third-order valence-corrected chi connectivity index (χ3v) is 3.69. The summed E-state index contributed by atoms with van der Waals surface area (Å²) in [6.45, 7) is 0. The lowest BCUT2D eigenvalue weighted by atomic mass is 10.1. The highest BCUT2D eigenvalue weighted by molar-refractivity contribution is 6.30. The van der Waals surface area contributed by atoms with Crippen LogP contribution in [0.2, 0.25) is 5.02 Å². The summed E-state index contributed by atoms with van der Waals surface area (Å²) in [5.74, 6) is 0.571. The van der Waals surface area contributed by atoms with Crippen LogP contribution in [0.4, 0.5) is 0 Å². The van der Waals surface area contributed by atoms with Crippen LogP contribution in [0.1, 0.15) is 36.1 Å². The van der Waals surface area contributed by atoms with Crippen molar-refractivity contribution in [3.63, 3.8) is 0 Å². The fraction of sp³-hybridized carbons (Fsp3) is 0.357. The van der Waals surface area contributed by atoms with Gasteiger partial charge in [0, 0.05) is 17.9 Å². The number of aliphatic carboxylic acids is 1. The van der Waals surface area contributed by atoms with E-state index in [-0.39, 0.29) is 0 Å². The average molecular weight is 292 g/mol. The highest BCUT2D eigenvalue weighted by Crippen LogP contribution is 2.24. The molecule has 5 nitrogen and oxygen atoms in total. The van der Waals surface area contributed by atoms with E-state index in [0.717, 1.165) is 24.2 Å². The molecular weight excluding hydrogens is 278 g/mol. The molecule has 1 N–H and O–H groups in total. The summed E-state index contributed by atoms with van der Waals surface area (Å²) in [5, 5.41) is 14.3. The molecule has 1 aromatic carbocycles. The van der Waals surface area contributed by atoms with Crippen molar-refractivity contribution < 1.29 is 9.90 Å². The molecule has 6 heteroatoms. The molecular formula is C14H14ClN3O2. The standard InChI is InChI=1S/C14H14ClN3O2/c15-10-4-1-3-9(7-10)8-12-16-13-6-2-5-11(14(19)20)18(13)17-12/h1,3-4,7,11H,2,5-6,8H2,(H,19,20). The zero-order valence-corrected chi connectivity index (χ0v) is 11.5. The van der Waals surface area contributed by atoms with E-state index >= 15 is 0 Å². The van der Waals surface area contributed by atoms with Gasteiger partial charge in [0.05, 0.1) is 0 Å². The van der Waals surface area contributed by atoms with Gasteiger partial charge in [-0.3, -0.25) is 0 Å². The number of carbonyl (C=O) groups is 1. The second-order valence-corrected chi connectivity index (χ2v) is 5.38. The smallest absolute Gasteiger partial charge is 0.328 e. The molecule has 0 bridgehead atoms. The molecule has 1 aliphatic rings. The summed E-state index contributed by atoms with van der Waals surface area (Å²) in [5.41, 5.74) is 1.02. The van der Waals surface area contributed by atoms with Gasteiger partial charge < -0.3 is 5.11 Å². The molecule has 0 aliphatic carbocycles. The highest BCUT2D eigenvalue weighted by atomic mass is 35.5. The maximum Gasteiger partial charge on any atom is 0.328 e. The summed E-state index contributed by atoms with van der Waals surface area (Å²) in [6, 6.07) is 6.95. The van der Waals surface area contributed by atoms with Gasteiger partial charge in [-0.15, -0.1) is 0 Å². The van der Waals surface area contributed by atoms with E-state index in [0.29, 0.717) is 23.7 Å². The lowest BCUT2D eigenvalue weighted by molar-refractivity contribution is -0.141. The van der Waals surface area contributed by atoms with Gasteiger partial charge in [0.15, 0.2) is 11.9 Å². The first-order valence-electron chi connectivity index (χ1n) is 6.55. The Hall–Kier alpha value is -1.88. The predicted molar refractivity (Wildman–Crippen MR) is 73.9 cm³/mol. The van der Waals surface area contributed by atoms with E-state index < -0.39 is 12.0 Å². The van der Waals surface area contributed by atoms with Crippen LogP contribution in [-0.4, -0.2) is 25.8 Å². The average Bonchev–Trinajstić information content (AvgIpc) is 2.80. The predicted octanol–water partition coefficient (Wildman–Crippen LogP) is 2.48. The molecule has 0 saturated heterocycles. The lowest BCUT2D eigenvalue weighted by Gasteiger charge is -2.19. The molecule has 20 heavy (non-hydrogen) atoms. The Kier molecular flexibility index (Phi) is 3.44. The first-order valence-corrected chi connectivity index (χ1v) is 6.93. The Bertz CT molecular complexity index is 654. The minimum absolute atomic E-state index is 0.562. The van der Waals surface area contributed by atoms with Crippen molar-refractivity contribution in [1.29, 1.82) is 0 Å². The molecule has 0 amide bonds. The van der Waals surface area contributed by atoms with Gasteiger partial charge in [0.1, 0.15) is 5.82 Å². The minimum Gasteiger partial charge on any atom is -0.480 e. The zero-order chi connectivity index (χ0) is 14.1. The van der Waals surface area contributed by atoms with Crippen LogP contribution in [0.3, 0.4) is 0 Å². The van der Waals surface area contributed by atoms with Crippen LogP contribution in [0.15, 0.2) is 24.3 Å². The van der Waals surface area contributed by atoms with Crippen molar-refractivity contribution in [2.75, 3.05) is 0 Å². The molecule has 1 aromatic heterocycles. The number of aryl methyl sites for hydroxylation is 1. The summed E-state index contributed by atoms with van der Waals surface area (Å²) in [4.78, 5) is 15.7. The SMILES string of the molecule is O=C(O)C1CCCc2nc(Cc3cccc(Cl)c3)nn21. The third kappa shape index (κ3) is 2.54. The van der Waals surface area contributed by atoms with Gasteiger partial charge in [-0.05, 0) is 30.5 Å². The number of carboxylic acids is 1. The lowest BCUT2D eigenvalue weighted by Crippen LogP contribution is -2.26. The molecule has 2 aromatic rings. The molecule has 1 atom stereocenters. The summed E-state index contributed by atoms with van der Waals surface area (Å²) < 4.78 is 1.56. The Balaban J connectivity index is 1.87. The largest absolute Gasteiger partial charge is 0.480 e. The normalized spacial score (nSPS) is 17.8. The van der Waals surface area contributed by atoms with Crippen LogP contribution in [0, 0.1) is 0 Å². The Morgan fingerprint density at radius 1 is 1.50 bits per heavy atom. The maximum absolute atomic E-state index is 11.2. The second kappa shape index (κ2) is 5.25. The monoisotopic (exact) mass is 291 g/mol. The van der Waals surface area contributed by atoms with Crippen LogP contribution >= 0.6 is 11.6 Å². The van der Waals surface area contributed by atoms with Crippen LogP contribution in [0.5, 0.6) is 0 Å². The molecule has 0 spiro atoms. The summed E-state index contributed by atoms with van der Waals surface area (Å²) in [6.07, 6.45) is 2.80. The van der Waals surface area contributed by atoms with Crippen molar-refractivity contribution in [3.05, 3.63) is 46.5 Å². The number of rotatable bonds is 3. The molecule has 2 heterocycles. The van der Waals surface area contributed by atoms with E-state index in [2.05, 4.69) is 10.1 Å². The fourth-order valence-electron chi connectivity index (χ4n) is 2.53. The Morgan fingerprint density at radius 2 is 2.35 bits per heavy atom. The maximum atomic E-state index is 11.2. The molecule has 0 radical (unpaired) electrons. The van der Waals surface area contributed by atoms with Gasteiger partial charge >= 0.3 is 5.97 Å². The second-order valence-electron chi connectivity index (χ2n) is 4.94. The molecule has 1 aliphatic heterocycles. The molecule has 3 rings (SSSR count). The van der Waals surface area contributed by atoms with Gasteiger partial charge in [0.2, 0.25) is 0 Å². The van der Waals surface area contributed by atoms with Crippen molar-refractivity contribution in [1.82, 2.24) is 14.8 Å². The first kappa shape index (κ1) is 13.1. The first-order chi connectivity index (χ1) is 9.63. The number of halogens is 1. The number of fused-ring (bicyclic) bond motifs is 1. The van der Waals surface area contributed by atoms with Gasteiger partial charge in [-0.1, -0.05) is 23.7 Å². The fourth-order valence-corrected chi connectivity index (χ4v) is 2.75. The van der Waals surface area contributed by atoms with Crippen molar-refractivity contribution in [2.24, 2.45) is 0 Å². The number of aromatic nitrogens is 3. The van der Waals surface area contributed by atoms with Gasteiger partial charge in [0.25, 0.3) is 0 Å². The molecule has 1 unspecified atom stereocenters. The van der Waals surface area contributed by atoms with Crippen molar-refractivity contribution in [3.8, 4) is 0 Å². The van der Waals surface area contributed by atoms with E-state index in [4.69, 9.17) is 11.6 Å². The van der Waals surface area contributed by atoms with E-state index in [1.54, 1.807) is 4.68 Å². The molecule has 0 saturated carbocycles. The summed E-state index contributed by atoms with van der Waals surface area (Å²) in [7, 11) is 0.